The number of Topliss-reactive ketones (excluding diaryl/α,β-unsaturated/α-hetero) is 1. The van der Waals surface area contributed by atoms with Crippen LogP contribution in [0.15, 0.2) is 78.9 Å². The predicted molar refractivity (Wildman–Crippen MR) is 183 cm³/mol. The molecule has 8 heteroatoms. The summed E-state index contributed by atoms with van der Waals surface area (Å²) in [6.45, 7) is 10.1. The average molecular weight is 620 g/mol. The smallest absolute Gasteiger partial charge is 0.324 e. The first-order chi connectivity index (χ1) is 22.1. The number of hydrogen-bond acceptors (Lipinski definition) is 5. The summed E-state index contributed by atoms with van der Waals surface area (Å²) in [6, 6.07) is 25.4. The zero-order valence-corrected chi connectivity index (χ0v) is 27.5. The maximum atomic E-state index is 14.6. The van der Waals surface area contributed by atoms with Gasteiger partial charge in [-0.05, 0) is 99.1 Å². The van der Waals surface area contributed by atoms with E-state index in [1.54, 1.807) is 11.8 Å². The van der Waals surface area contributed by atoms with Crippen LogP contribution < -0.4 is 20.7 Å². The Hall–Kier alpha value is -4.43. The Morgan fingerprint density at radius 3 is 2.28 bits per heavy atom. The van der Waals surface area contributed by atoms with Crippen LogP contribution in [0, 0.1) is 12.8 Å². The number of benzene rings is 3. The highest BCUT2D eigenvalue weighted by atomic mass is 16.5. The van der Waals surface area contributed by atoms with E-state index in [4.69, 9.17) is 9.84 Å². The second kappa shape index (κ2) is 12.8. The number of aryl methyl sites for hydroxylation is 1. The molecular weight excluding hydrogens is 574 g/mol. The summed E-state index contributed by atoms with van der Waals surface area (Å²) in [5, 5.41) is 14.4. The molecule has 1 aromatic heterocycles. The van der Waals surface area contributed by atoms with Crippen LogP contribution in [-0.2, 0) is 15.6 Å². The Kier molecular flexibility index (Phi) is 8.75. The van der Waals surface area contributed by atoms with Crippen LogP contribution >= 0.6 is 0 Å². The van der Waals surface area contributed by atoms with Gasteiger partial charge in [-0.25, -0.2) is 9.48 Å². The van der Waals surface area contributed by atoms with E-state index in [2.05, 4.69) is 36.7 Å². The van der Waals surface area contributed by atoms with Gasteiger partial charge in [0.25, 0.3) is 0 Å². The summed E-state index contributed by atoms with van der Waals surface area (Å²) in [4.78, 5) is 28.0. The number of ketones is 1. The van der Waals surface area contributed by atoms with Gasteiger partial charge in [-0.15, -0.1) is 0 Å². The van der Waals surface area contributed by atoms with Crippen LogP contribution in [0.25, 0.3) is 5.69 Å². The van der Waals surface area contributed by atoms with E-state index in [9.17, 15) is 9.59 Å². The van der Waals surface area contributed by atoms with Crippen LogP contribution in [0.2, 0.25) is 0 Å². The molecule has 0 bridgehead atoms. The van der Waals surface area contributed by atoms with Gasteiger partial charge in [-0.3, -0.25) is 10.1 Å². The second-order valence-corrected chi connectivity index (χ2v) is 13.9. The number of urea groups is 1. The van der Waals surface area contributed by atoms with Gasteiger partial charge < -0.3 is 15.4 Å². The van der Waals surface area contributed by atoms with Gasteiger partial charge in [0.05, 0.1) is 23.9 Å². The molecule has 1 unspecified atom stereocenters. The molecule has 2 amide bonds. The van der Waals surface area contributed by atoms with Crippen molar-refractivity contribution in [2.75, 3.05) is 30.8 Å². The van der Waals surface area contributed by atoms with E-state index >= 15 is 0 Å². The minimum absolute atomic E-state index is 0.196. The highest BCUT2D eigenvalue weighted by Gasteiger charge is 2.54. The molecule has 1 atom stereocenters. The first-order valence-corrected chi connectivity index (χ1v) is 16.3. The van der Waals surface area contributed by atoms with Crippen LogP contribution in [0.3, 0.4) is 0 Å². The normalized spacial score (nSPS) is 16.8. The second-order valence-electron chi connectivity index (χ2n) is 13.9. The molecule has 240 valence electrons. The van der Waals surface area contributed by atoms with E-state index in [1.807, 2.05) is 85.8 Å². The number of piperidine rings is 1. The number of anilines is 2. The number of aromatic nitrogens is 2. The quantitative estimate of drug-likeness (QED) is 0.180. The third kappa shape index (κ3) is 6.58. The van der Waals surface area contributed by atoms with Crippen molar-refractivity contribution < 1.29 is 14.3 Å². The maximum Gasteiger partial charge on any atom is 0.324 e. The maximum absolute atomic E-state index is 14.6. The number of methoxy groups -OCH3 is 1. The summed E-state index contributed by atoms with van der Waals surface area (Å²) in [5.41, 5.74) is 4.89. The number of nitrogens with one attached hydrogen (secondary N) is 3. The molecule has 3 aromatic carbocycles. The largest absolute Gasteiger partial charge is 0.497 e. The fourth-order valence-corrected chi connectivity index (χ4v) is 6.63. The lowest BCUT2D eigenvalue weighted by Gasteiger charge is -2.33. The molecule has 6 rings (SSSR count). The molecule has 4 aromatic rings. The van der Waals surface area contributed by atoms with Crippen molar-refractivity contribution in [3.8, 4) is 11.4 Å². The molecule has 1 saturated heterocycles. The number of rotatable bonds is 9. The minimum Gasteiger partial charge on any atom is -0.497 e. The van der Waals surface area contributed by atoms with Gasteiger partial charge in [0, 0.05) is 23.1 Å². The van der Waals surface area contributed by atoms with Gasteiger partial charge in [-0.1, -0.05) is 62.7 Å². The van der Waals surface area contributed by atoms with Crippen molar-refractivity contribution in [1.82, 2.24) is 15.1 Å². The Bertz CT molecular complexity index is 1690. The third-order valence-corrected chi connectivity index (χ3v) is 9.50. The standard InChI is InChI=1S/C38H45N5O3/c1-25-9-13-30(14-10-25)43-33(24-32(42-43)37(2,3)4)41-36(45)40-29-8-6-7-27(23-29)34(26-17-21-39-22-18-26)35(44)38(19-20-38)28-11-15-31(46-5)16-12-28/h6-16,23-24,26,34,39H,17-22H2,1-5H3,(H2,40,41,45). The molecule has 1 saturated carbocycles. The average Bonchev–Trinajstić information content (AvgIpc) is 3.75. The first kappa shape index (κ1) is 31.5. The van der Waals surface area contributed by atoms with Crippen molar-refractivity contribution in [2.24, 2.45) is 5.92 Å². The summed E-state index contributed by atoms with van der Waals surface area (Å²) in [5.74, 6) is 1.63. The van der Waals surface area contributed by atoms with Gasteiger partial charge in [-0.2, -0.15) is 5.10 Å². The molecule has 0 radical (unpaired) electrons. The van der Waals surface area contributed by atoms with E-state index in [-0.39, 0.29) is 29.1 Å². The predicted octanol–water partition coefficient (Wildman–Crippen LogP) is 7.51. The van der Waals surface area contributed by atoms with Crippen molar-refractivity contribution in [3.63, 3.8) is 0 Å². The molecule has 2 fully saturated rings. The van der Waals surface area contributed by atoms with Crippen LogP contribution in [0.1, 0.15) is 74.8 Å². The number of ether oxygens (including phenoxy) is 1. The highest BCUT2D eigenvalue weighted by Crippen LogP contribution is 2.53. The molecule has 2 aliphatic rings. The van der Waals surface area contributed by atoms with Crippen LogP contribution in [0.4, 0.5) is 16.3 Å². The summed E-state index contributed by atoms with van der Waals surface area (Å²) in [7, 11) is 1.66. The van der Waals surface area contributed by atoms with Gasteiger partial charge >= 0.3 is 6.03 Å². The van der Waals surface area contributed by atoms with Crippen molar-refractivity contribution in [2.45, 2.75) is 70.1 Å². The van der Waals surface area contributed by atoms with Gasteiger partial charge in [0.1, 0.15) is 11.6 Å². The SMILES string of the molecule is COc1ccc(C2(C(=O)C(c3cccc(NC(=O)Nc4cc(C(C)(C)C)nn4-c4ccc(C)cc4)c3)C3CCNCC3)CC2)cc1. The number of hydrogen-bond donors (Lipinski definition) is 3. The summed E-state index contributed by atoms with van der Waals surface area (Å²) in [6.07, 6.45) is 3.58. The third-order valence-electron chi connectivity index (χ3n) is 9.50. The fourth-order valence-electron chi connectivity index (χ4n) is 6.63. The lowest BCUT2D eigenvalue weighted by Crippen LogP contribution is -2.37. The molecular formula is C38H45N5O3. The van der Waals surface area contributed by atoms with Gasteiger partial charge in [0.2, 0.25) is 0 Å². The molecule has 3 N–H and O–H groups in total. The topological polar surface area (TPSA) is 97.3 Å². The zero-order chi connectivity index (χ0) is 32.5. The molecule has 1 aliphatic carbocycles. The summed E-state index contributed by atoms with van der Waals surface area (Å²) >= 11 is 0. The van der Waals surface area contributed by atoms with E-state index in [0.29, 0.717) is 11.5 Å². The monoisotopic (exact) mass is 619 g/mol. The fraction of sp³-hybridized carbons (Fsp3) is 0.395. The van der Waals surface area contributed by atoms with Crippen LogP contribution in [-0.4, -0.2) is 41.8 Å². The Labute approximate surface area is 271 Å². The lowest BCUT2D eigenvalue weighted by atomic mass is 9.72. The number of carbonyl (C=O) groups is 2. The summed E-state index contributed by atoms with van der Waals surface area (Å²) < 4.78 is 7.14. The number of carbonyl (C=O) groups excluding carboxylic acids is 2. The Morgan fingerprint density at radius 2 is 1.65 bits per heavy atom. The number of amides is 2. The highest BCUT2D eigenvalue weighted by molar-refractivity contribution is 6.00. The molecule has 0 spiro atoms. The van der Waals surface area contributed by atoms with E-state index < -0.39 is 5.41 Å². The molecule has 46 heavy (non-hydrogen) atoms. The molecule has 1 aliphatic heterocycles. The Morgan fingerprint density at radius 1 is 0.957 bits per heavy atom. The first-order valence-electron chi connectivity index (χ1n) is 16.3. The van der Waals surface area contributed by atoms with E-state index in [0.717, 1.165) is 72.6 Å². The number of nitrogens with zero attached hydrogens (tertiary/aromatic N) is 2. The zero-order valence-electron chi connectivity index (χ0n) is 27.5. The Balaban J connectivity index is 1.26. The van der Waals surface area contributed by atoms with Crippen molar-refractivity contribution in [3.05, 3.63) is 101 Å². The van der Waals surface area contributed by atoms with Gasteiger partial charge in [0.15, 0.2) is 5.78 Å². The van der Waals surface area contributed by atoms with Crippen molar-refractivity contribution >= 4 is 23.3 Å². The minimum atomic E-state index is -0.470. The van der Waals surface area contributed by atoms with E-state index in [1.165, 1.54) is 0 Å². The lowest BCUT2D eigenvalue weighted by molar-refractivity contribution is -0.124. The van der Waals surface area contributed by atoms with Crippen LogP contribution in [0.5, 0.6) is 5.75 Å². The van der Waals surface area contributed by atoms with Crippen molar-refractivity contribution in [1.29, 1.82) is 0 Å². The molecule has 2 heterocycles. The molecule has 8 nitrogen and oxygen atoms in total.